The van der Waals surface area contributed by atoms with E-state index >= 15 is 0 Å². The number of halogens is 3. The number of carbonyl (C=O) groups excluding carboxylic acids is 1. The van der Waals surface area contributed by atoms with Crippen LogP contribution in [0.3, 0.4) is 0 Å². The molecule has 2 rings (SSSR count). The third kappa shape index (κ3) is 2.12. The minimum atomic E-state index is -0.602. The predicted molar refractivity (Wildman–Crippen MR) is 64.2 cm³/mol. The molecule has 2 aromatic rings. The summed E-state index contributed by atoms with van der Waals surface area (Å²) < 4.78 is 13.7. The Morgan fingerprint density at radius 3 is 2.56 bits per heavy atom. The highest BCUT2D eigenvalue weighted by molar-refractivity contribution is 7.18. The van der Waals surface area contributed by atoms with Gasteiger partial charge in [-0.05, 0) is 24.3 Å². The fraction of sp³-hybridized carbons (Fsp3) is 0. The van der Waals surface area contributed by atoms with Gasteiger partial charge in [-0.2, -0.15) is 0 Å². The third-order valence-corrected chi connectivity index (χ3v) is 3.61. The van der Waals surface area contributed by atoms with Gasteiger partial charge in [0, 0.05) is 5.56 Å². The van der Waals surface area contributed by atoms with Crippen molar-refractivity contribution in [2.75, 3.05) is 0 Å². The minimum absolute atomic E-state index is 0.153. The molecule has 0 bridgehead atoms. The summed E-state index contributed by atoms with van der Waals surface area (Å²) in [6.45, 7) is 0. The van der Waals surface area contributed by atoms with E-state index < -0.39 is 5.82 Å². The Hall–Kier alpha value is -0.900. The second kappa shape index (κ2) is 4.53. The van der Waals surface area contributed by atoms with E-state index in [0.717, 1.165) is 11.3 Å². The summed E-state index contributed by atoms with van der Waals surface area (Å²) in [6.07, 6.45) is 0. The fourth-order valence-electron chi connectivity index (χ4n) is 1.25. The molecule has 0 fully saturated rings. The van der Waals surface area contributed by atoms with E-state index in [1.165, 1.54) is 18.2 Å². The lowest BCUT2D eigenvalue weighted by Gasteiger charge is -2.01. The molecule has 0 saturated heterocycles. The summed E-state index contributed by atoms with van der Waals surface area (Å²) in [5.74, 6) is -0.920. The van der Waals surface area contributed by atoms with Crippen LogP contribution in [-0.2, 0) is 0 Å². The smallest absolute Gasteiger partial charge is 0.204 e. The number of thiophene rings is 1. The number of carbonyl (C=O) groups is 1. The van der Waals surface area contributed by atoms with Crippen LogP contribution in [0.25, 0.3) is 0 Å². The quantitative estimate of drug-likeness (QED) is 0.741. The van der Waals surface area contributed by atoms with Crippen LogP contribution in [0.4, 0.5) is 4.39 Å². The standard InChI is InChI=1S/C11H5Cl2FOS/c12-9-5-4-8(16-9)11(15)6-2-1-3-7(14)10(6)13/h1-5H. The number of ketones is 1. The Balaban J connectivity index is 2.45. The van der Waals surface area contributed by atoms with Gasteiger partial charge in [0.15, 0.2) is 0 Å². The lowest BCUT2D eigenvalue weighted by Crippen LogP contribution is -2.00. The van der Waals surface area contributed by atoms with Crippen molar-refractivity contribution < 1.29 is 9.18 Å². The molecular formula is C11H5Cl2FOS. The van der Waals surface area contributed by atoms with Crippen molar-refractivity contribution in [1.29, 1.82) is 0 Å². The van der Waals surface area contributed by atoms with E-state index in [1.807, 2.05) is 0 Å². The molecule has 0 aliphatic heterocycles. The SMILES string of the molecule is O=C(c1ccc(Cl)s1)c1cccc(F)c1Cl. The molecule has 1 heterocycles. The second-order valence-electron chi connectivity index (χ2n) is 3.03. The summed E-state index contributed by atoms with van der Waals surface area (Å²) in [5.41, 5.74) is 0.153. The average Bonchev–Trinajstić information content (AvgIpc) is 2.68. The summed E-state index contributed by atoms with van der Waals surface area (Å²) in [4.78, 5) is 12.4. The summed E-state index contributed by atoms with van der Waals surface area (Å²) in [7, 11) is 0. The Kier molecular flexibility index (Phi) is 3.28. The molecule has 1 aromatic carbocycles. The van der Waals surface area contributed by atoms with Crippen molar-refractivity contribution in [3.8, 4) is 0 Å². The van der Waals surface area contributed by atoms with Gasteiger partial charge in [-0.15, -0.1) is 11.3 Å². The maximum atomic E-state index is 13.2. The molecule has 0 atom stereocenters. The molecule has 0 aliphatic carbocycles. The van der Waals surface area contributed by atoms with Gasteiger partial charge in [0.2, 0.25) is 5.78 Å². The first-order chi connectivity index (χ1) is 7.59. The maximum Gasteiger partial charge on any atom is 0.204 e. The first kappa shape index (κ1) is 11.6. The maximum absolute atomic E-state index is 13.2. The molecule has 0 saturated carbocycles. The van der Waals surface area contributed by atoms with Crippen LogP contribution in [0, 0.1) is 5.82 Å². The van der Waals surface area contributed by atoms with Crippen LogP contribution < -0.4 is 0 Å². The lowest BCUT2D eigenvalue weighted by atomic mass is 10.1. The molecule has 82 valence electrons. The molecule has 0 N–H and O–H groups in total. The zero-order valence-corrected chi connectivity index (χ0v) is 10.2. The average molecular weight is 275 g/mol. The number of hydrogen-bond acceptors (Lipinski definition) is 2. The largest absolute Gasteiger partial charge is 0.288 e. The van der Waals surface area contributed by atoms with E-state index in [4.69, 9.17) is 23.2 Å². The van der Waals surface area contributed by atoms with Gasteiger partial charge in [0.05, 0.1) is 14.2 Å². The van der Waals surface area contributed by atoms with Gasteiger partial charge < -0.3 is 0 Å². The van der Waals surface area contributed by atoms with Crippen molar-refractivity contribution in [3.63, 3.8) is 0 Å². The van der Waals surface area contributed by atoms with Crippen molar-refractivity contribution in [1.82, 2.24) is 0 Å². The Labute approximate surface area is 105 Å². The molecule has 0 amide bonds. The normalized spacial score (nSPS) is 10.4. The number of hydrogen-bond donors (Lipinski definition) is 0. The van der Waals surface area contributed by atoms with Gasteiger partial charge in [0.25, 0.3) is 0 Å². The Bertz CT molecular complexity index is 551. The molecule has 0 radical (unpaired) electrons. The third-order valence-electron chi connectivity index (χ3n) is 1.99. The molecule has 16 heavy (non-hydrogen) atoms. The van der Waals surface area contributed by atoms with Crippen molar-refractivity contribution in [2.24, 2.45) is 0 Å². The van der Waals surface area contributed by atoms with Crippen LogP contribution in [-0.4, -0.2) is 5.78 Å². The zero-order valence-electron chi connectivity index (χ0n) is 7.84. The summed E-state index contributed by atoms with van der Waals surface area (Å²) in [6, 6.07) is 7.36. The predicted octanol–water partition coefficient (Wildman–Crippen LogP) is 4.43. The molecule has 1 nitrogen and oxygen atoms in total. The number of rotatable bonds is 2. The first-order valence-corrected chi connectivity index (χ1v) is 5.91. The zero-order chi connectivity index (χ0) is 11.7. The first-order valence-electron chi connectivity index (χ1n) is 4.33. The van der Waals surface area contributed by atoms with E-state index in [0.29, 0.717) is 9.21 Å². The summed E-state index contributed by atoms with van der Waals surface area (Å²) in [5, 5.41) is -0.156. The summed E-state index contributed by atoms with van der Waals surface area (Å²) >= 11 is 12.6. The van der Waals surface area contributed by atoms with Crippen molar-refractivity contribution in [2.45, 2.75) is 0 Å². The van der Waals surface area contributed by atoms with Gasteiger partial charge in [-0.1, -0.05) is 29.3 Å². The van der Waals surface area contributed by atoms with Gasteiger partial charge in [0.1, 0.15) is 5.82 Å². The molecule has 0 spiro atoms. The molecular weight excluding hydrogens is 270 g/mol. The van der Waals surface area contributed by atoms with E-state index in [-0.39, 0.29) is 16.4 Å². The van der Waals surface area contributed by atoms with Gasteiger partial charge >= 0.3 is 0 Å². The molecule has 0 unspecified atom stereocenters. The second-order valence-corrected chi connectivity index (χ2v) is 5.13. The van der Waals surface area contributed by atoms with Crippen molar-refractivity contribution >= 4 is 40.3 Å². The highest BCUT2D eigenvalue weighted by atomic mass is 35.5. The molecule has 5 heteroatoms. The van der Waals surface area contributed by atoms with Crippen LogP contribution >= 0.6 is 34.5 Å². The highest BCUT2D eigenvalue weighted by Crippen LogP contribution is 2.27. The van der Waals surface area contributed by atoms with Crippen LogP contribution in [0.15, 0.2) is 30.3 Å². The Morgan fingerprint density at radius 1 is 1.19 bits per heavy atom. The lowest BCUT2D eigenvalue weighted by molar-refractivity contribution is 0.104. The monoisotopic (exact) mass is 274 g/mol. The van der Waals surface area contributed by atoms with Gasteiger partial charge in [-0.25, -0.2) is 4.39 Å². The topological polar surface area (TPSA) is 17.1 Å². The van der Waals surface area contributed by atoms with E-state index in [2.05, 4.69) is 0 Å². The minimum Gasteiger partial charge on any atom is -0.288 e. The van der Waals surface area contributed by atoms with Crippen molar-refractivity contribution in [3.05, 3.63) is 55.9 Å². The molecule has 0 aliphatic rings. The fourth-order valence-corrected chi connectivity index (χ4v) is 2.46. The van der Waals surface area contributed by atoms with Crippen LogP contribution in [0.1, 0.15) is 15.2 Å². The van der Waals surface area contributed by atoms with Gasteiger partial charge in [-0.3, -0.25) is 4.79 Å². The van der Waals surface area contributed by atoms with Crippen LogP contribution in [0.5, 0.6) is 0 Å². The highest BCUT2D eigenvalue weighted by Gasteiger charge is 2.16. The van der Waals surface area contributed by atoms with E-state index in [1.54, 1.807) is 12.1 Å². The number of benzene rings is 1. The molecule has 1 aromatic heterocycles. The van der Waals surface area contributed by atoms with E-state index in [9.17, 15) is 9.18 Å². The van der Waals surface area contributed by atoms with Crippen LogP contribution in [0.2, 0.25) is 9.36 Å². The Morgan fingerprint density at radius 2 is 1.94 bits per heavy atom.